The van der Waals surface area contributed by atoms with E-state index in [1.807, 2.05) is 0 Å². The fourth-order valence-electron chi connectivity index (χ4n) is 2.98. The van der Waals surface area contributed by atoms with E-state index < -0.39 is 6.10 Å². The molecule has 1 heterocycles. The van der Waals surface area contributed by atoms with Crippen LogP contribution < -0.4 is 0 Å². The summed E-state index contributed by atoms with van der Waals surface area (Å²) in [4.78, 5) is 25.2. The minimum atomic E-state index is -0.631. The van der Waals surface area contributed by atoms with Gasteiger partial charge in [-0.15, -0.1) is 0 Å². The fraction of sp³-hybridized carbons (Fsp3) is 0.833. The summed E-state index contributed by atoms with van der Waals surface area (Å²) in [6, 6.07) is 0. The van der Waals surface area contributed by atoms with E-state index in [9.17, 15) is 14.7 Å². The molecule has 90 valence electrons. The Balaban J connectivity index is 2.10. The Morgan fingerprint density at radius 1 is 1.31 bits per heavy atom. The summed E-state index contributed by atoms with van der Waals surface area (Å²) < 4.78 is 0. The van der Waals surface area contributed by atoms with Gasteiger partial charge in [-0.2, -0.15) is 0 Å². The average molecular weight is 225 g/mol. The minimum absolute atomic E-state index is 0.0631. The predicted octanol–water partition coefficient (Wildman–Crippen LogP) is 0.788. The summed E-state index contributed by atoms with van der Waals surface area (Å²) in [7, 11) is 0. The molecule has 4 nitrogen and oxygen atoms in total. The predicted molar refractivity (Wildman–Crippen MR) is 58.4 cm³/mol. The van der Waals surface area contributed by atoms with Crippen molar-refractivity contribution in [1.82, 2.24) is 4.90 Å². The Morgan fingerprint density at radius 3 is 2.19 bits per heavy atom. The molecule has 0 radical (unpaired) electrons. The Bertz CT molecular complexity index is 289. The highest BCUT2D eigenvalue weighted by Crippen LogP contribution is 2.44. The van der Waals surface area contributed by atoms with Gasteiger partial charge in [0.2, 0.25) is 11.8 Å². The molecular weight excluding hydrogens is 206 g/mol. The molecule has 3 atom stereocenters. The van der Waals surface area contributed by atoms with Gasteiger partial charge in [-0.3, -0.25) is 14.5 Å². The molecule has 2 fully saturated rings. The number of imide groups is 1. The molecule has 0 aromatic heterocycles. The molecule has 16 heavy (non-hydrogen) atoms. The van der Waals surface area contributed by atoms with Crippen molar-refractivity contribution in [3.05, 3.63) is 0 Å². The molecule has 1 aliphatic heterocycles. The van der Waals surface area contributed by atoms with Gasteiger partial charge in [-0.25, -0.2) is 0 Å². The van der Waals surface area contributed by atoms with Crippen LogP contribution in [0.3, 0.4) is 0 Å². The van der Waals surface area contributed by atoms with Crippen molar-refractivity contribution in [2.45, 2.75) is 39.2 Å². The van der Waals surface area contributed by atoms with Gasteiger partial charge < -0.3 is 5.11 Å². The number of carbonyl (C=O) groups excluding carboxylic acids is 2. The highest BCUT2D eigenvalue weighted by Gasteiger charge is 2.52. The summed E-state index contributed by atoms with van der Waals surface area (Å²) in [5.41, 5.74) is 0. The largest absolute Gasteiger partial charge is 0.392 e. The van der Waals surface area contributed by atoms with Gasteiger partial charge >= 0.3 is 0 Å². The summed E-state index contributed by atoms with van der Waals surface area (Å²) in [5.74, 6) is 0.197. The van der Waals surface area contributed by atoms with Crippen LogP contribution in [0.4, 0.5) is 0 Å². The molecule has 1 saturated heterocycles. The lowest BCUT2D eigenvalue weighted by molar-refractivity contribution is -0.142. The molecule has 1 aliphatic carbocycles. The molecule has 1 N–H and O–H groups in total. The molecule has 0 aromatic carbocycles. The van der Waals surface area contributed by atoms with Gasteiger partial charge in [0.1, 0.15) is 0 Å². The molecule has 0 aromatic rings. The van der Waals surface area contributed by atoms with Gasteiger partial charge in [-0.1, -0.05) is 13.3 Å². The van der Waals surface area contributed by atoms with Crippen LogP contribution in [0.15, 0.2) is 0 Å². The first-order valence-electron chi connectivity index (χ1n) is 6.07. The van der Waals surface area contributed by atoms with Crippen molar-refractivity contribution in [3.63, 3.8) is 0 Å². The molecule has 4 heteroatoms. The Kier molecular flexibility index (Phi) is 3.02. The van der Waals surface area contributed by atoms with Crippen LogP contribution in [0.2, 0.25) is 0 Å². The van der Waals surface area contributed by atoms with Crippen molar-refractivity contribution in [3.8, 4) is 0 Å². The Morgan fingerprint density at radius 2 is 1.81 bits per heavy atom. The number of β-amino-alcohol motifs (C(OH)–C–C–N with tert-alkyl or cyclic N) is 1. The highest BCUT2D eigenvalue weighted by atomic mass is 16.3. The number of fused-ring (bicyclic) bond motifs is 1. The standard InChI is InChI=1S/C12H19NO3/c1-3-8-4-9-10(5-8)12(16)13(11(9)15)6-7(2)14/h7-10,14H,3-6H2,1-2H3/t7-,8?,9?,10?/m1/s1. The molecular formula is C12H19NO3. The number of hydrogen-bond acceptors (Lipinski definition) is 3. The van der Waals surface area contributed by atoms with Crippen molar-refractivity contribution in [2.24, 2.45) is 17.8 Å². The van der Waals surface area contributed by atoms with Crippen LogP contribution in [-0.2, 0) is 9.59 Å². The van der Waals surface area contributed by atoms with Crippen LogP contribution in [-0.4, -0.2) is 34.5 Å². The number of rotatable bonds is 3. The van der Waals surface area contributed by atoms with Crippen LogP contribution in [0.1, 0.15) is 33.1 Å². The van der Waals surface area contributed by atoms with Crippen LogP contribution >= 0.6 is 0 Å². The van der Waals surface area contributed by atoms with Gasteiger partial charge in [-0.05, 0) is 25.7 Å². The number of amides is 2. The number of nitrogens with zero attached hydrogens (tertiary/aromatic N) is 1. The number of aliphatic hydroxyl groups excluding tert-OH is 1. The normalized spacial score (nSPS) is 35.7. The second-order valence-electron chi connectivity index (χ2n) is 5.09. The molecule has 0 bridgehead atoms. The lowest BCUT2D eigenvalue weighted by Crippen LogP contribution is -2.37. The SMILES string of the molecule is CCC1CC2C(=O)N(C[C@@H](C)O)C(=O)C2C1. The van der Waals surface area contributed by atoms with E-state index >= 15 is 0 Å². The van der Waals surface area contributed by atoms with Crippen molar-refractivity contribution < 1.29 is 14.7 Å². The zero-order valence-corrected chi connectivity index (χ0v) is 9.85. The third kappa shape index (κ3) is 1.75. The van der Waals surface area contributed by atoms with Crippen LogP contribution in [0, 0.1) is 17.8 Å². The number of carbonyl (C=O) groups is 2. The minimum Gasteiger partial charge on any atom is -0.392 e. The lowest BCUT2D eigenvalue weighted by Gasteiger charge is -2.18. The maximum absolute atomic E-state index is 12.0. The molecule has 2 unspecified atom stereocenters. The smallest absolute Gasteiger partial charge is 0.233 e. The molecule has 2 rings (SSSR count). The Labute approximate surface area is 95.6 Å². The first-order chi connectivity index (χ1) is 7.54. The first kappa shape index (κ1) is 11.6. The van der Waals surface area contributed by atoms with Crippen LogP contribution in [0.5, 0.6) is 0 Å². The summed E-state index contributed by atoms with van der Waals surface area (Å²) in [6.07, 6.45) is 2.11. The van der Waals surface area contributed by atoms with Crippen molar-refractivity contribution >= 4 is 11.8 Å². The first-order valence-corrected chi connectivity index (χ1v) is 6.07. The third-order valence-electron chi connectivity index (χ3n) is 3.85. The topological polar surface area (TPSA) is 57.6 Å². The molecule has 2 amide bonds. The fourth-order valence-corrected chi connectivity index (χ4v) is 2.98. The third-order valence-corrected chi connectivity index (χ3v) is 3.85. The summed E-state index contributed by atoms with van der Waals surface area (Å²) >= 11 is 0. The van der Waals surface area contributed by atoms with Crippen LogP contribution in [0.25, 0.3) is 0 Å². The van der Waals surface area contributed by atoms with Gasteiger partial charge in [0, 0.05) is 0 Å². The molecule has 1 saturated carbocycles. The van der Waals surface area contributed by atoms with Gasteiger partial charge in [0.25, 0.3) is 0 Å². The van der Waals surface area contributed by atoms with E-state index in [1.165, 1.54) is 4.90 Å². The van der Waals surface area contributed by atoms with Gasteiger partial charge in [0.05, 0.1) is 24.5 Å². The average Bonchev–Trinajstić information content (AvgIpc) is 2.74. The second kappa shape index (κ2) is 4.17. The number of likely N-dealkylation sites (tertiary alicyclic amines) is 1. The Hall–Kier alpha value is -0.900. The van der Waals surface area contributed by atoms with E-state index in [0.29, 0.717) is 5.92 Å². The van der Waals surface area contributed by atoms with E-state index in [-0.39, 0.29) is 30.2 Å². The van der Waals surface area contributed by atoms with E-state index in [2.05, 4.69) is 6.92 Å². The highest BCUT2D eigenvalue weighted by molar-refractivity contribution is 6.05. The molecule has 0 spiro atoms. The van der Waals surface area contributed by atoms with Crippen molar-refractivity contribution in [2.75, 3.05) is 6.54 Å². The molecule has 2 aliphatic rings. The summed E-state index contributed by atoms with van der Waals surface area (Å²) in [6.45, 7) is 3.86. The second-order valence-corrected chi connectivity index (χ2v) is 5.09. The summed E-state index contributed by atoms with van der Waals surface area (Å²) in [5, 5.41) is 9.26. The lowest BCUT2D eigenvalue weighted by atomic mass is 10.00. The number of hydrogen-bond donors (Lipinski definition) is 1. The van der Waals surface area contributed by atoms with E-state index in [0.717, 1.165) is 19.3 Å². The van der Waals surface area contributed by atoms with E-state index in [4.69, 9.17) is 0 Å². The van der Waals surface area contributed by atoms with Crippen molar-refractivity contribution in [1.29, 1.82) is 0 Å². The quantitative estimate of drug-likeness (QED) is 0.722. The zero-order valence-electron chi connectivity index (χ0n) is 9.85. The maximum Gasteiger partial charge on any atom is 0.233 e. The van der Waals surface area contributed by atoms with E-state index in [1.54, 1.807) is 6.92 Å². The maximum atomic E-state index is 12.0. The number of aliphatic hydroxyl groups is 1. The van der Waals surface area contributed by atoms with Gasteiger partial charge in [0.15, 0.2) is 0 Å². The zero-order chi connectivity index (χ0) is 11.9. The monoisotopic (exact) mass is 225 g/mol.